The van der Waals surface area contributed by atoms with Gasteiger partial charge in [0.05, 0.1) is 13.2 Å². The third-order valence-corrected chi connectivity index (χ3v) is 11.0. The van der Waals surface area contributed by atoms with Crippen molar-refractivity contribution in [2.24, 2.45) is 0 Å². The van der Waals surface area contributed by atoms with E-state index in [0.717, 1.165) is 60.8 Å². The highest BCUT2D eigenvalue weighted by Crippen LogP contribution is 2.29. The number of amides is 2. The molecule has 2 amide bonds. The Labute approximate surface area is 359 Å². The lowest BCUT2D eigenvalue weighted by molar-refractivity contribution is -0.277. The predicted octanol–water partition coefficient (Wildman–Crippen LogP) is 1.88. The van der Waals surface area contributed by atoms with E-state index in [1.165, 1.54) is 0 Å². The summed E-state index contributed by atoms with van der Waals surface area (Å²) in [6.07, 6.45) is -8.20. The van der Waals surface area contributed by atoms with E-state index < -0.39 is 74.6 Å². The number of carbonyl (C=O) groups excluding carboxylic acids is 2. The number of ether oxygens (including phenoxy) is 4. The SMILES string of the molecule is O=C(NCCCCCCCCNC(=O)c1cccc(-c2ccc(OC3OC(CO)C(O)C(O)C3O)cc2)c1)c1cccc(-c2ccc(OC3OC(CO)C(O)C(O)C3O)cc2)c1. The van der Waals surface area contributed by atoms with E-state index in [1.807, 2.05) is 12.1 Å². The minimum Gasteiger partial charge on any atom is -0.462 e. The van der Waals surface area contributed by atoms with Crippen LogP contribution in [0.3, 0.4) is 0 Å². The normalized spacial score (nSPS) is 26.1. The molecular weight excluding hydrogens is 805 g/mol. The standard InChI is InChI=1S/C46H56N2O14/c49-25-35-37(51)39(53)41(55)45(61-35)59-33-17-13-27(14-18-33)29-9-7-11-31(23-29)43(57)47-21-5-3-1-2-4-6-22-48-44(58)32-12-8-10-30(24-32)28-15-19-34(20-16-28)60-46-42(56)40(54)38(52)36(26-50)62-46/h7-20,23-24,35-42,45-46,49-56H,1-6,21-22,25-26H2,(H,47,57)(H,48,58). The summed E-state index contributed by atoms with van der Waals surface area (Å²) in [6, 6.07) is 28.2. The zero-order valence-corrected chi connectivity index (χ0v) is 34.1. The third kappa shape index (κ3) is 11.9. The minimum absolute atomic E-state index is 0.173. The number of carbonyl (C=O) groups is 2. The summed E-state index contributed by atoms with van der Waals surface area (Å²) in [5, 5.41) is 85.3. The fourth-order valence-corrected chi connectivity index (χ4v) is 7.29. The van der Waals surface area contributed by atoms with Gasteiger partial charge < -0.3 is 70.4 Å². The van der Waals surface area contributed by atoms with Crippen LogP contribution in [-0.4, -0.2) is 140 Å². The van der Waals surface area contributed by atoms with Crippen LogP contribution in [0.1, 0.15) is 59.2 Å². The number of rotatable bonds is 19. The van der Waals surface area contributed by atoms with E-state index in [1.54, 1.807) is 84.9 Å². The molecule has 0 aromatic heterocycles. The average Bonchev–Trinajstić information content (AvgIpc) is 3.30. The molecule has 2 aliphatic rings. The number of nitrogens with one attached hydrogen (secondary N) is 2. The summed E-state index contributed by atoms with van der Waals surface area (Å²) in [6.45, 7) is -0.0199. The van der Waals surface area contributed by atoms with Gasteiger partial charge in [-0.2, -0.15) is 0 Å². The van der Waals surface area contributed by atoms with E-state index >= 15 is 0 Å². The lowest BCUT2D eigenvalue weighted by atomic mass is 9.99. The van der Waals surface area contributed by atoms with E-state index in [9.17, 15) is 50.4 Å². The van der Waals surface area contributed by atoms with Crippen molar-refractivity contribution in [1.82, 2.24) is 10.6 Å². The number of hydrogen-bond acceptors (Lipinski definition) is 14. The highest BCUT2D eigenvalue weighted by molar-refractivity contribution is 5.96. The van der Waals surface area contributed by atoms with Gasteiger partial charge in [-0.05, 0) is 83.6 Å². The summed E-state index contributed by atoms with van der Waals surface area (Å²) < 4.78 is 22.2. The molecule has 2 saturated heterocycles. The number of aliphatic hydroxyl groups excluding tert-OH is 8. The first-order valence-corrected chi connectivity index (χ1v) is 20.9. The minimum atomic E-state index is -1.54. The number of aliphatic hydroxyl groups is 8. The van der Waals surface area contributed by atoms with Crippen molar-refractivity contribution in [1.29, 1.82) is 0 Å². The van der Waals surface area contributed by atoms with Crippen LogP contribution in [0, 0.1) is 0 Å². The molecule has 4 aromatic rings. The Hall–Kier alpha value is -4.98. The molecule has 4 aromatic carbocycles. The Morgan fingerprint density at radius 1 is 0.468 bits per heavy atom. The van der Waals surface area contributed by atoms with Gasteiger partial charge in [0.1, 0.15) is 60.3 Å². The van der Waals surface area contributed by atoms with Gasteiger partial charge in [0.2, 0.25) is 12.6 Å². The summed E-state index contributed by atoms with van der Waals surface area (Å²) >= 11 is 0. The number of benzene rings is 4. The molecule has 2 heterocycles. The van der Waals surface area contributed by atoms with Gasteiger partial charge in [0.25, 0.3) is 11.8 Å². The van der Waals surface area contributed by atoms with Crippen LogP contribution in [-0.2, 0) is 9.47 Å². The molecule has 0 spiro atoms. The van der Waals surface area contributed by atoms with Crippen molar-refractivity contribution in [3.8, 4) is 33.8 Å². The number of hydrogen-bond donors (Lipinski definition) is 10. The Balaban J connectivity index is 0.846. The van der Waals surface area contributed by atoms with Crippen LogP contribution in [0.15, 0.2) is 97.1 Å². The average molecular weight is 861 g/mol. The fraction of sp³-hybridized carbons (Fsp3) is 0.435. The van der Waals surface area contributed by atoms with Crippen molar-refractivity contribution in [2.75, 3.05) is 26.3 Å². The van der Waals surface area contributed by atoms with Crippen LogP contribution < -0.4 is 20.1 Å². The Morgan fingerprint density at radius 3 is 1.21 bits per heavy atom. The third-order valence-electron chi connectivity index (χ3n) is 11.0. The Morgan fingerprint density at radius 2 is 0.839 bits per heavy atom. The number of unbranched alkanes of at least 4 members (excludes halogenated alkanes) is 5. The smallest absolute Gasteiger partial charge is 0.251 e. The Kier molecular flexibility index (Phi) is 16.8. The quantitative estimate of drug-likeness (QED) is 0.0605. The summed E-state index contributed by atoms with van der Waals surface area (Å²) in [5.41, 5.74) is 4.32. The second-order valence-corrected chi connectivity index (χ2v) is 15.5. The molecule has 10 N–H and O–H groups in total. The highest BCUT2D eigenvalue weighted by atomic mass is 16.7. The zero-order valence-electron chi connectivity index (χ0n) is 34.1. The molecule has 16 heteroatoms. The summed E-state index contributed by atoms with van der Waals surface area (Å²) in [4.78, 5) is 25.8. The topological polar surface area (TPSA) is 257 Å². The summed E-state index contributed by atoms with van der Waals surface area (Å²) in [7, 11) is 0. The molecule has 10 atom stereocenters. The second kappa shape index (κ2) is 22.4. The van der Waals surface area contributed by atoms with Gasteiger partial charge in [-0.25, -0.2) is 0 Å². The lowest BCUT2D eigenvalue weighted by Crippen LogP contribution is -2.60. The van der Waals surface area contributed by atoms with Crippen molar-refractivity contribution < 1.29 is 69.4 Å². The van der Waals surface area contributed by atoms with Gasteiger partial charge in [-0.3, -0.25) is 9.59 Å². The molecule has 0 bridgehead atoms. The lowest BCUT2D eigenvalue weighted by Gasteiger charge is -2.39. The largest absolute Gasteiger partial charge is 0.462 e. The van der Waals surface area contributed by atoms with Crippen molar-refractivity contribution in [2.45, 2.75) is 99.9 Å². The van der Waals surface area contributed by atoms with Gasteiger partial charge in [-0.1, -0.05) is 74.2 Å². The van der Waals surface area contributed by atoms with E-state index in [4.69, 9.17) is 18.9 Å². The van der Waals surface area contributed by atoms with Gasteiger partial charge in [0, 0.05) is 24.2 Å². The molecule has 0 aliphatic carbocycles. The fourth-order valence-electron chi connectivity index (χ4n) is 7.29. The molecular formula is C46H56N2O14. The molecule has 62 heavy (non-hydrogen) atoms. The van der Waals surface area contributed by atoms with Gasteiger partial charge >= 0.3 is 0 Å². The van der Waals surface area contributed by atoms with E-state index in [2.05, 4.69) is 10.6 Å². The molecule has 10 unspecified atom stereocenters. The maximum atomic E-state index is 12.9. The maximum Gasteiger partial charge on any atom is 0.251 e. The summed E-state index contributed by atoms with van der Waals surface area (Å²) in [5.74, 6) is 0.336. The van der Waals surface area contributed by atoms with Gasteiger partial charge in [0.15, 0.2) is 0 Å². The monoisotopic (exact) mass is 860 g/mol. The van der Waals surface area contributed by atoms with Crippen LogP contribution >= 0.6 is 0 Å². The molecule has 334 valence electrons. The first-order chi connectivity index (χ1) is 30.0. The predicted molar refractivity (Wildman–Crippen MR) is 225 cm³/mol. The van der Waals surface area contributed by atoms with E-state index in [0.29, 0.717) is 35.7 Å². The first-order valence-electron chi connectivity index (χ1n) is 20.9. The molecule has 0 radical (unpaired) electrons. The van der Waals surface area contributed by atoms with Crippen LogP contribution in [0.4, 0.5) is 0 Å². The highest BCUT2D eigenvalue weighted by Gasteiger charge is 2.45. The van der Waals surface area contributed by atoms with E-state index in [-0.39, 0.29) is 11.8 Å². The van der Waals surface area contributed by atoms with Crippen LogP contribution in [0.2, 0.25) is 0 Å². The molecule has 0 saturated carbocycles. The molecule has 16 nitrogen and oxygen atoms in total. The Bertz CT molecular complexity index is 1890. The maximum absolute atomic E-state index is 12.9. The van der Waals surface area contributed by atoms with Crippen molar-refractivity contribution in [3.05, 3.63) is 108 Å². The van der Waals surface area contributed by atoms with Crippen molar-refractivity contribution >= 4 is 11.8 Å². The molecule has 6 rings (SSSR count). The van der Waals surface area contributed by atoms with Crippen LogP contribution in [0.5, 0.6) is 11.5 Å². The first kappa shape index (κ1) is 46.5. The van der Waals surface area contributed by atoms with Crippen LogP contribution in [0.25, 0.3) is 22.3 Å². The molecule has 2 aliphatic heterocycles. The molecule has 2 fully saturated rings. The van der Waals surface area contributed by atoms with Gasteiger partial charge in [-0.15, -0.1) is 0 Å². The second-order valence-electron chi connectivity index (χ2n) is 15.5. The zero-order chi connectivity index (χ0) is 44.2. The van der Waals surface area contributed by atoms with Crippen molar-refractivity contribution in [3.63, 3.8) is 0 Å².